The molecular formula is C12H18BrNO2. The van der Waals surface area contributed by atoms with Crippen molar-refractivity contribution in [2.24, 2.45) is 0 Å². The van der Waals surface area contributed by atoms with Crippen LogP contribution in [-0.2, 0) is 11.3 Å². The van der Waals surface area contributed by atoms with Crippen molar-refractivity contribution in [1.29, 1.82) is 0 Å². The maximum atomic E-state index is 5.70. The number of likely N-dealkylation sites (N-methyl/N-ethyl adjacent to an activating group) is 1. The third kappa shape index (κ3) is 4.12. The molecule has 1 aromatic rings. The summed E-state index contributed by atoms with van der Waals surface area (Å²) in [4.78, 5) is 0. The van der Waals surface area contributed by atoms with Crippen LogP contribution in [0.5, 0.6) is 5.75 Å². The molecule has 0 radical (unpaired) electrons. The minimum atomic E-state index is 0.189. The first-order chi connectivity index (χ1) is 7.67. The molecule has 1 atom stereocenters. The Hall–Kier alpha value is -0.580. The average molecular weight is 288 g/mol. The highest BCUT2D eigenvalue weighted by Gasteiger charge is 2.06. The fourth-order valence-corrected chi connectivity index (χ4v) is 1.85. The van der Waals surface area contributed by atoms with Crippen LogP contribution in [0.25, 0.3) is 0 Å². The van der Waals surface area contributed by atoms with Crippen molar-refractivity contribution >= 4 is 15.9 Å². The second kappa shape index (κ2) is 6.89. The van der Waals surface area contributed by atoms with Crippen LogP contribution < -0.4 is 10.1 Å². The summed E-state index contributed by atoms with van der Waals surface area (Å²) < 4.78 is 12.0. The molecule has 0 bridgehead atoms. The van der Waals surface area contributed by atoms with Gasteiger partial charge in [-0.15, -0.1) is 0 Å². The molecule has 0 saturated carbocycles. The first kappa shape index (κ1) is 13.5. The van der Waals surface area contributed by atoms with E-state index in [0.717, 1.165) is 22.3 Å². The largest absolute Gasteiger partial charge is 0.496 e. The number of hydrogen-bond acceptors (Lipinski definition) is 3. The zero-order chi connectivity index (χ0) is 12.0. The van der Waals surface area contributed by atoms with E-state index in [1.165, 1.54) is 0 Å². The topological polar surface area (TPSA) is 30.5 Å². The van der Waals surface area contributed by atoms with Crippen LogP contribution >= 0.6 is 15.9 Å². The minimum absolute atomic E-state index is 0.189. The molecule has 1 aromatic carbocycles. The molecule has 1 N–H and O–H groups in total. The molecule has 0 heterocycles. The molecule has 1 rings (SSSR count). The van der Waals surface area contributed by atoms with E-state index < -0.39 is 0 Å². The van der Waals surface area contributed by atoms with Gasteiger partial charge in [-0.3, -0.25) is 0 Å². The predicted octanol–water partition coefficient (Wildman–Crippen LogP) is 2.58. The summed E-state index contributed by atoms with van der Waals surface area (Å²) in [5.74, 6) is 0.861. The Morgan fingerprint density at radius 3 is 2.81 bits per heavy atom. The first-order valence-corrected chi connectivity index (χ1v) is 6.05. The standard InChI is InChI=1S/C12H18BrNO2/c1-9(7-14-2)16-8-10-6-11(13)4-5-12(10)15-3/h4-6,9,14H,7-8H2,1-3H3. The van der Waals surface area contributed by atoms with E-state index in [4.69, 9.17) is 9.47 Å². The Morgan fingerprint density at radius 2 is 2.19 bits per heavy atom. The van der Waals surface area contributed by atoms with Crippen molar-refractivity contribution in [3.63, 3.8) is 0 Å². The van der Waals surface area contributed by atoms with Crippen LogP contribution in [0.3, 0.4) is 0 Å². The number of methoxy groups -OCH3 is 1. The number of benzene rings is 1. The Morgan fingerprint density at radius 1 is 1.44 bits per heavy atom. The van der Waals surface area contributed by atoms with Crippen LogP contribution in [0, 0.1) is 0 Å². The van der Waals surface area contributed by atoms with Gasteiger partial charge < -0.3 is 14.8 Å². The van der Waals surface area contributed by atoms with Crippen molar-refractivity contribution in [1.82, 2.24) is 5.32 Å². The maximum absolute atomic E-state index is 5.70. The maximum Gasteiger partial charge on any atom is 0.124 e. The van der Waals surface area contributed by atoms with Gasteiger partial charge in [0, 0.05) is 16.6 Å². The fourth-order valence-electron chi connectivity index (χ4n) is 1.44. The van der Waals surface area contributed by atoms with Gasteiger partial charge >= 0.3 is 0 Å². The van der Waals surface area contributed by atoms with Crippen molar-refractivity contribution in [2.75, 3.05) is 20.7 Å². The number of hydrogen-bond donors (Lipinski definition) is 1. The molecule has 0 aliphatic carbocycles. The molecule has 0 saturated heterocycles. The molecule has 1 unspecified atom stereocenters. The number of rotatable bonds is 6. The molecule has 0 spiro atoms. The third-order valence-electron chi connectivity index (χ3n) is 2.26. The van der Waals surface area contributed by atoms with Crippen molar-refractivity contribution < 1.29 is 9.47 Å². The van der Waals surface area contributed by atoms with Crippen molar-refractivity contribution in [3.8, 4) is 5.75 Å². The van der Waals surface area contributed by atoms with Gasteiger partial charge in [-0.1, -0.05) is 15.9 Å². The van der Waals surface area contributed by atoms with Crippen molar-refractivity contribution in [2.45, 2.75) is 19.6 Å². The summed E-state index contributed by atoms with van der Waals surface area (Å²) in [6.45, 7) is 3.45. The normalized spacial score (nSPS) is 12.5. The van der Waals surface area contributed by atoms with Gasteiger partial charge in [-0.2, -0.15) is 0 Å². The van der Waals surface area contributed by atoms with Crippen LogP contribution in [0.1, 0.15) is 12.5 Å². The summed E-state index contributed by atoms with van der Waals surface area (Å²) in [7, 11) is 3.59. The molecular weight excluding hydrogens is 270 g/mol. The molecule has 16 heavy (non-hydrogen) atoms. The monoisotopic (exact) mass is 287 g/mol. The quantitative estimate of drug-likeness (QED) is 0.872. The van der Waals surface area contributed by atoms with E-state index in [1.54, 1.807) is 7.11 Å². The molecule has 0 aliphatic heterocycles. The number of nitrogens with one attached hydrogen (secondary N) is 1. The van der Waals surface area contributed by atoms with Gasteiger partial charge in [0.25, 0.3) is 0 Å². The molecule has 90 valence electrons. The third-order valence-corrected chi connectivity index (χ3v) is 2.75. The highest BCUT2D eigenvalue weighted by atomic mass is 79.9. The summed E-state index contributed by atoms with van der Waals surface area (Å²) in [6.07, 6.45) is 0.189. The van der Waals surface area contributed by atoms with E-state index in [0.29, 0.717) is 6.61 Å². The highest BCUT2D eigenvalue weighted by Crippen LogP contribution is 2.23. The summed E-state index contributed by atoms with van der Waals surface area (Å²) in [5.41, 5.74) is 1.06. The van der Waals surface area contributed by atoms with Gasteiger partial charge in [-0.05, 0) is 32.2 Å². The van der Waals surface area contributed by atoms with Gasteiger partial charge in [0.2, 0.25) is 0 Å². The molecule has 0 amide bonds. The zero-order valence-electron chi connectivity index (χ0n) is 9.92. The van der Waals surface area contributed by atoms with Gasteiger partial charge in [0.15, 0.2) is 0 Å². The molecule has 0 aromatic heterocycles. The summed E-state index contributed by atoms with van der Waals surface area (Å²) in [6, 6.07) is 5.91. The Labute approximate surface area is 105 Å². The number of ether oxygens (including phenoxy) is 2. The number of halogens is 1. The van der Waals surface area contributed by atoms with Crippen LogP contribution in [-0.4, -0.2) is 26.8 Å². The first-order valence-electron chi connectivity index (χ1n) is 5.26. The lowest BCUT2D eigenvalue weighted by Crippen LogP contribution is -2.23. The summed E-state index contributed by atoms with van der Waals surface area (Å²) >= 11 is 3.44. The lowest BCUT2D eigenvalue weighted by Gasteiger charge is -2.14. The highest BCUT2D eigenvalue weighted by molar-refractivity contribution is 9.10. The smallest absolute Gasteiger partial charge is 0.124 e. The van der Waals surface area contributed by atoms with Crippen LogP contribution in [0.2, 0.25) is 0 Å². The van der Waals surface area contributed by atoms with E-state index in [-0.39, 0.29) is 6.10 Å². The summed E-state index contributed by atoms with van der Waals surface area (Å²) in [5, 5.41) is 3.08. The SMILES string of the molecule is CNCC(C)OCc1cc(Br)ccc1OC. The average Bonchev–Trinajstić information content (AvgIpc) is 2.27. The fraction of sp³-hybridized carbons (Fsp3) is 0.500. The van der Waals surface area contributed by atoms with E-state index in [1.807, 2.05) is 32.2 Å². The lowest BCUT2D eigenvalue weighted by atomic mass is 10.2. The molecule has 0 aliphatic rings. The molecule has 0 fully saturated rings. The predicted molar refractivity (Wildman–Crippen MR) is 68.9 cm³/mol. The Bertz CT molecular complexity index is 331. The Kier molecular flexibility index (Phi) is 5.80. The molecule has 3 nitrogen and oxygen atoms in total. The van der Waals surface area contributed by atoms with E-state index in [2.05, 4.69) is 21.2 Å². The molecule has 4 heteroatoms. The second-order valence-electron chi connectivity index (χ2n) is 3.64. The zero-order valence-corrected chi connectivity index (χ0v) is 11.5. The lowest BCUT2D eigenvalue weighted by molar-refractivity contribution is 0.0533. The van der Waals surface area contributed by atoms with E-state index >= 15 is 0 Å². The van der Waals surface area contributed by atoms with Crippen LogP contribution in [0.4, 0.5) is 0 Å². The minimum Gasteiger partial charge on any atom is -0.496 e. The Balaban J connectivity index is 2.61. The van der Waals surface area contributed by atoms with E-state index in [9.17, 15) is 0 Å². The second-order valence-corrected chi connectivity index (χ2v) is 4.55. The van der Waals surface area contributed by atoms with Crippen molar-refractivity contribution in [3.05, 3.63) is 28.2 Å². The van der Waals surface area contributed by atoms with Crippen LogP contribution in [0.15, 0.2) is 22.7 Å². The van der Waals surface area contributed by atoms with Gasteiger partial charge in [0.1, 0.15) is 5.75 Å². The van der Waals surface area contributed by atoms with Gasteiger partial charge in [0.05, 0.1) is 19.8 Å². The van der Waals surface area contributed by atoms with Gasteiger partial charge in [-0.25, -0.2) is 0 Å².